The zero-order chi connectivity index (χ0) is 21.9. The lowest BCUT2D eigenvalue weighted by Crippen LogP contribution is -2.50. The number of rotatable bonds is 6. The minimum absolute atomic E-state index is 0.0752. The fraction of sp³-hybridized carbons (Fsp3) is 0.316. The summed E-state index contributed by atoms with van der Waals surface area (Å²) in [5.41, 5.74) is 0.641. The van der Waals surface area contributed by atoms with Gasteiger partial charge < -0.3 is 4.90 Å². The van der Waals surface area contributed by atoms with Crippen molar-refractivity contribution in [2.75, 3.05) is 36.7 Å². The van der Waals surface area contributed by atoms with E-state index >= 15 is 0 Å². The molecule has 0 bridgehead atoms. The van der Waals surface area contributed by atoms with E-state index in [1.807, 2.05) is 0 Å². The Bertz CT molecular complexity index is 1140. The van der Waals surface area contributed by atoms with Gasteiger partial charge in [-0.05, 0) is 43.3 Å². The van der Waals surface area contributed by atoms with Crippen molar-refractivity contribution in [2.24, 2.45) is 0 Å². The molecule has 3 rings (SSSR count). The van der Waals surface area contributed by atoms with Crippen molar-refractivity contribution in [3.05, 3.63) is 59.1 Å². The van der Waals surface area contributed by atoms with Crippen LogP contribution in [0.1, 0.15) is 17.3 Å². The van der Waals surface area contributed by atoms with Gasteiger partial charge in [-0.2, -0.15) is 4.31 Å². The van der Waals surface area contributed by atoms with Crippen molar-refractivity contribution in [1.82, 2.24) is 9.21 Å². The van der Waals surface area contributed by atoms with Gasteiger partial charge >= 0.3 is 0 Å². The summed E-state index contributed by atoms with van der Waals surface area (Å²) in [4.78, 5) is 14.5. The quantitative estimate of drug-likeness (QED) is 0.695. The summed E-state index contributed by atoms with van der Waals surface area (Å²) in [7, 11) is -7.14. The number of nitrogens with zero attached hydrogens (tertiary/aromatic N) is 2. The van der Waals surface area contributed by atoms with Crippen LogP contribution in [-0.4, -0.2) is 63.9 Å². The maximum atomic E-state index is 12.8. The highest BCUT2D eigenvalue weighted by Crippen LogP contribution is 2.22. The molecule has 0 saturated carbocycles. The average Bonchev–Trinajstić information content (AvgIpc) is 2.73. The van der Waals surface area contributed by atoms with E-state index in [1.54, 1.807) is 35.2 Å². The number of hydrogen-bond acceptors (Lipinski definition) is 5. The normalized spacial score (nSPS) is 15.7. The number of nitrogens with one attached hydrogen (secondary N) is 1. The van der Waals surface area contributed by atoms with Crippen LogP contribution in [0.5, 0.6) is 0 Å². The molecule has 2 aromatic carbocycles. The molecule has 162 valence electrons. The Morgan fingerprint density at radius 2 is 1.67 bits per heavy atom. The molecule has 11 heteroatoms. The van der Waals surface area contributed by atoms with Crippen LogP contribution in [0.25, 0.3) is 0 Å². The molecule has 1 aliphatic heterocycles. The van der Waals surface area contributed by atoms with Crippen LogP contribution in [-0.2, 0) is 20.0 Å². The lowest BCUT2D eigenvalue weighted by molar-refractivity contribution is 0.0698. The Labute approximate surface area is 181 Å². The number of piperazine rings is 1. The largest absolute Gasteiger partial charge is 0.336 e. The Hall–Kier alpha value is -2.14. The second-order valence-corrected chi connectivity index (χ2v) is 11.1. The second-order valence-electron chi connectivity index (χ2n) is 6.74. The monoisotopic (exact) mass is 471 g/mol. The molecule has 1 fully saturated rings. The molecule has 0 atom stereocenters. The summed E-state index contributed by atoms with van der Waals surface area (Å²) in [6.45, 7) is 2.28. The summed E-state index contributed by atoms with van der Waals surface area (Å²) in [5, 5.41) is 0.337. The number of anilines is 1. The topological polar surface area (TPSA) is 104 Å². The number of carbonyl (C=O) groups is 1. The predicted octanol–water partition coefficient (Wildman–Crippen LogP) is 2.25. The van der Waals surface area contributed by atoms with Crippen molar-refractivity contribution in [1.29, 1.82) is 0 Å². The SMILES string of the molecule is CCS(=O)(=O)Nc1cccc(C(=O)N2CCN(S(=O)(=O)c3cccc(Cl)c3)CC2)c1. The molecule has 1 aliphatic rings. The third kappa shape index (κ3) is 5.12. The number of carbonyl (C=O) groups excluding carboxylic acids is 1. The van der Waals surface area contributed by atoms with E-state index in [1.165, 1.54) is 29.4 Å². The molecular formula is C19H22ClN3O5S2. The van der Waals surface area contributed by atoms with Gasteiger partial charge in [0, 0.05) is 42.5 Å². The second kappa shape index (κ2) is 8.93. The lowest BCUT2D eigenvalue weighted by Gasteiger charge is -2.34. The summed E-state index contributed by atoms with van der Waals surface area (Å²) in [5.74, 6) is -0.360. The van der Waals surface area contributed by atoms with Gasteiger partial charge in [0.05, 0.1) is 10.6 Å². The fourth-order valence-electron chi connectivity index (χ4n) is 3.06. The van der Waals surface area contributed by atoms with Crippen LogP contribution in [0, 0.1) is 0 Å². The molecular weight excluding hydrogens is 450 g/mol. The number of amides is 1. The molecule has 2 aromatic rings. The van der Waals surface area contributed by atoms with Crippen molar-refractivity contribution < 1.29 is 21.6 Å². The first-order valence-corrected chi connectivity index (χ1v) is 12.7. The van der Waals surface area contributed by atoms with E-state index < -0.39 is 20.0 Å². The van der Waals surface area contributed by atoms with Gasteiger partial charge in [0.1, 0.15) is 0 Å². The average molecular weight is 472 g/mol. The fourth-order valence-corrected chi connectivity index (χ4v) is 5.41. The number of hydrogen-bond donors (Lipinski definition) is 1. The molecule has 0 aromatic heterocycles. The maximum Gasteiger partial charge on any atom is 0.254 e. The number of sulfonamides is 2. The van der Waals surface area contributed by atoms with Gasteiger partial charge in [0.15, 0.2) is 0 Å². The predicted molar refractivity (Wildman–Crippen MR) is 116 cm³/mol. The van der Waals surface area contributed by atoms with E-state index in [9.17, 15) is 21.6 Å². The van der Waals surface area contributed by atoms with Gasteiger partial charge in [0.2, 0.25) is 20.0 Å². The van der Waals surface area contributed by atoms with Gasteiger partial charge in [-0.15, -0.1) is 0 Å². The van der Waals surface area contributed by atoms with E-state index in [0.29, 0.717) is 16.3 Å². The summed E-state index contributed by atoms with van der Waals surface area (Å²) < 4.78 is 52.8. The standard InChI is InChI=1S/C19H22ClN3O5S2/c1-2-29(25,26)21-17-7-3-5-15(13-17)19(24)22-9-11-23(12-10-22)30(27,28)18-8-4-6-16(20)14-18/h3-8,13-14,21H,2,9-12H2,1H3. The van der Waals surface area contributed by atoms with E-state index in [4.69, 9.17) is 11.6 Å². The summed E-state index contributed by atoms with van der Waals surface area (Å²) >= 11 is 5.91. The summed E-state index contributed by atoms with van der Waals surface area (Å²) in [6, 6.07) is 12.3. The zero-order valence-electron chi connectivity index (χ0n) is 16.3. The molecule has 30 heavy (non-hydrogen) atoms. The highest BCUT2D eigenvalue weighted by molar-refractivity contribution is 7.92. The van der Waals surface area contributed by atoms with Gasteiger partial charge in [-0.3, -0.25) is 9.52 Å². The minimum atomic E-state index is -3.69. The van der Waals surface area contributed by atoms with Gasteiger partial charge in [0.25, 0.3) is 5.91 Å². The Balaban J connectivity index is 1.69. The molecule has 1 N–H and O–H groups in total. The number of halogens is 1. The third-order valence-electron chi connectivity index (χ3n) is 4.72. The van der Waals surface area contributed by atoms with Crippen LogP contribution < -0.4 is 4.72 Å². The molecule has 1 heterocycles. The van der Waals surface area contributed by atoms with Crippen LogP contribution in [0.3, 0.4) is 0 Å². The highest BCUT2D eigenvalue weighted by Gasteiger charge is 2.30. The smallest absolute Gasteiger partial charge is 0.254 e. The van der Waals surface area contributed by atoms with Crippen LogP contribution in [0.4, 0.5) is 5.69 Å². The number of benzene rings is 2. The first kappa shape index (κ1) is 22.5. The first-order valence-electron chi connectivity index (χ1n) is 9.28. The molecule has 0 unspecified atom stereocenters. The van der Waals surface area contributed by atoms with Crippen molar-refractivity contribution >= 4 is 43.2 Å². The van der Waals surface area contributed by atoms with Gasteiger partial charge in [-0.25, -0.2) is 16.8 Å². The van der Waals surface area contributed by atoms with E-state index in [-0.39, 0.29) is 42.7 Å². The maximum absolute atomic E-state index is 12.8. The third-order valence-corrected chi connectivity index (χ3v) is 8.16. The van der Waals surface area contributed by atoms with Crippen LogP contribution >= 0.6 is 11.6 Å². The van der Waals surface area contributed by atoms with Crippen molar-refractivity contribution in [2.45, 2.75) is 11.8 Å². The van der Waals surface area contributed by atoms with E-state index in [2.05, 4.69) is 4.72 Å². The lowest BCUT2D eigenvalue weighted by atomic mass is 10.1. The minimum Gasteiger partial charge on any atom is -0.336 e. The van der Waals surface area contributed by atoms with Crippen LogP contribution in [0.15, 0.2) is 53.4 Å². The first-order chi connectivity index (χ1) is 14.1. The van der Waals surface area contributed by atoms with Crippen molar-refractivity contribution in [3.8, 4) is 0 Å². The molecule has 1 amide bonds. The highest BCUT2D eigenvalue weighted by atomic mass is 35.5. The Kier molecular flexibility index (Phi) is 6.71. The Morgan fingerprint density at radius 1 is 1.00 bits per heavy atom. The van der Waals surface area contributed by atoms with Gasteiger partial charge in [-0.1, -0.05) is 23.7 Å². The molecule has 1 saturated heterocycles. The zero-order valence-corrected chi connectivity index (χ0v) is 18.7. The molecule has 0 radical (unpaired) electrons. The van der Waals surface area contributed by atoms with E-state index in [0.717, 1.165) is 0 Å². The van der Waals surface area contributed by atoms with Crippen LogP contribution in [0.2, 0.25) is 5.02 Å². The molecule has 0 aliphatic carbocycles. The molecule has 0 spiro atoms. The molecule has 8 nitrogen and oxygen atoms in total. The summed E-state index contributed by atoms with van der Waals surface area (Å²) in [6.07, 6.45) is 0. The van der Waals surface area contributed by atoms with Crippen molar-refractivity contribution in [3.63, 3.8) is 0 Å². The Morgan fingerprint density at radius 3 is 2.30 bits per heavy atom.